The van der Waals surface area contributed by atoms with Crippen LogP contribution < -0.4 is 5.32 Å². The maximum Gasteiger partial charge on any atom is 0.0451 e. The molecule has 1 aliphatic rings. The highest BCUT2D eigenvalue weighted by Crippen LogP contribution is 2.20. The number of piperidine rings is 1. The molecule has 0 aliphatic carbocycles. The first-order valence-electron chi connectivity index (χ1n) is 7.13. The van der Waals surface area contributed by atoms with Crippen LogP contribution in [0.15, 0.2) is 18.2 Å². The molecular formula is C15H22Cl2N2. The molecule has 0 amide bonds. The van der Waals surface area contributed by atoms with Crippen molar-refractivity contribution in [1.82, 2.24) is 10.2 Å². The zero-order valence-electron chi connectivity index (χ0n) is 11.3. The smallest absolute Gasteiger partial charge is 0.0451 e. The van der Waals surface area contributed by atoms with Gasteiger partial charge >= 0.3 is 0 Å². The van der Waals surface area contributed by atoms with E-state index in [2.05, 4.69) is 10.2 Å². The molecule has 0 saturated carbocycles. The van der Waals surface area contributed by atoms with E-state index in [-0.39, 0.29) is 0 Å². The lowest BCUT2D eigenvalue weighted by atomic mass is 10.1. The highest BCUT2D eigenvalue weighted by molar-refractivity contribution is 6.33. The summed E-state index contributed by atoms with van der Waals surface area (Å²) in [6, 6.07) is 5.61. The van der Waals surface area contributed by atoms with E-state index in [1.54, 1.807) is 0 Å². The van der Waals surface area contributed by atoms with Crippen molar-refractivity contribution in [3.05, 3.63) is 33.8 Å². The second-order valence-electron chi connectivity index (χ2n) is 5.17. The molecule has 0 unspecified atom stereocenters. The molecule has 0 aromatic heterocycles. The number of likely N-dealkylation sites (tertiary alicyclic amines) is 1. The predicted octanol–water partition coefficient (Wildman–Crippen LogP) is 3.96. The number of rotatable bonds is 6. The molecule has 0 atom stereocenters. The number of hydrogen-bond donors (Lipinski definition) is 1. The lowest BCUT2D eigenvalue weighted by molar-refractivity contribution is 0.225. The summed E-state index contributed by atoms with van der Waals surface area (Å²) in [6.45, 7) is 5.58. The van der Waals surface area contributed by atoms with E-state index < -0.39 is 0 Å². The van der Waals surface area contributed by atoms with Gasteiger partial charge in [-0.2, -0.15) is 0 Å². The first-order chi connectivity index (χ1) is 9.25. The summed E-state index contributed by atoms with van der Waals surface area (Å²) < 4.78 is 0. The number of benzene rings is 1. The van der Waals surface area contributed by atoms with Crippen molar-refractivity contribution >= 4 is 23.2 Å². The van der Waals surface area contributed by atoms with Gasteiger partial charge in [-0.05, 0) is 69.2 Å². The van der Waals surface area contributed by atoms with Crippen molar-refractivity contribution in [3.8, 4) is 0 Å². The topological polar surface area (TPSA) is 15.3 Å². The monoisotopic (exact) mass is 300 g/mol. The minimum absolute atomic E-state index is 0.745. The Hall–Kier alpha value is -0.280. The molecule has 0 bridgehead atoms. The SMILES string of the molecule is Clc1ccc(Cl)c(CNCCCN2CCCCC2)c1. The van der Waals surface area contributed by atoms with Crippen LogP contribution in [0.2, 0.25) is 10.0 Å². The van der Waals surface area contributed by atoms with E-state index in [9.17, 15) is 0 Å². The van der Waals surface area contributed by atoms with Gasteiger partial charge in [-0.3, -0.25) is 0 Å². The summed E-state index contributed by atoms with van der Waals surface area (Å²) in [5.74, 6) is 0. The lowest BCUT2D eigenvalue weighted by Gasteiger charge is -2.26. The molecule has 2 nitrogen and oxygen atoms in total. The molecule has 1 aliphatic heterocycles. The molecular weight excluding hydrogens is 279 g/mol. The van der Waals surface area contributed by atoms with E-state index >= 15 is 0 Å². The van der Waals surface area contributed by atoms with Crippen LogP contribution in [0.1, 0.15) is 31.2 Å². The number of hydrogen-bond acceptors (Lipinski definition) is 2. The second-order valence-corrected chi connectivity index (χ2v) is 6.01. The Morgan fingerprint density at radius 3 is 2.68 bits per heavy atom. The standard InChI is InChI=1S/C15H22Cl2N2/c16-14-5-6-15(17)13(11-14)12-18-7-4-10-19-8-2-1-3-9-19/h5-6,11,18H,1-4,7-10,12H2. The van der Waals surface area contributed by atoms with Gasteiger partial charge in [-0.15, -0.1) is 0 Å². The summed E-state index contributed by atoms with van der Waals surface area (Å²) in [4.78, 5) is 2.57. The Labute approximate surface area is 126 Å². The van der Waals surface area contributed by atoms with Crippen LogP contribution in [-0.4, -0.2) is 31.1 Å². The van der Waals surface area contributed by atoms with Crippen LogP contribution in [0, 0.1) is 0 Å². The third-order valence-corrected chi connectivity index (χ3v) is 4.20. The van der Waals surface area contributed by atoms with Crippen molar-refractivity contribution < 1.29 is 0 Å². The van der Waals surface area contributed by atoms with Crippen LogP contribution in [0.5, 0.6) is 0 Å². The third-order valence-electron chi connectivity index (χ3n) is 3.60. The van der Waals surface area contributed by atoms with Gasteiger partial charge in [0, 0.05) is 16.6 Å². The summed E-state index contributed by atoms with van der Waals surface area (Å²) in [5, 5.41) is 4.97. The zero-order chi connectivity index (χ0) is 13.5. The summed E-state index contributed by atoms with van der Waals surface area (Å²) >= 11 is 12.1. The Balaban J connectivity index is 1.62. The van der Waals surface area contributed by atoms with Crippen LogP contribution in [-0.2, 0) is 6.54 Å². The normalized spacial score (nSPS) is 16.7. The Kier molecular flexibility index (Phi) is 6.45. The minimum Gasteiger partial charge on any atom is -0.313 e. The van der Waals surface area contributed by atoms with Gasteiger partial charge in [0.25, 0.3) is 0 Å². The van der Waals surface area contributed by atoms with Crippen molar-refractivity contribution in [2.45, 2.75) is 32.2 Å². The van der Waals surface area contributed by atoms with Gasteiger partial charge in [0.05, 0.1) is 0 Å². The molecule has 1 aromatic rings. The van der Waals surface area contributed by atoms with E-state index in [1.807, 2.05) is 18.2 Å². The molecule has 0 radical (unpaired) electrons. The molecule has 106 valence electrons. The Bertz CT molecular complexity index is 390. The van der Waals surface area contributed by atoms with E-state index in [0.29, 0.717) is 0 Å². The van der Waals surface area contributed by atoms with Gasteiger partial charge in [0.15, 0.2) is 0 Å². The van der Waals surface area contributed by atoms with Crippen LogP contribution in [0.4, 0.5) is 0 Å². The van der Waals surface area contributed by atoms with E-state index in [1.165, 1.54) is 45.3 Å². The van der Waals surface area contributed by atoms with Gasteiger partial charge < -0.3 is 10.2 Å². The van der Waals surface area contributed by atoms with Crippen LogP contribution in [0.25, 0.3) is 0 Å². The summed E-state index contributed by atoms with van der Waals surface area (Å²) in [5.41, 5.74) is 1.08. The first kappa shape index (κ1) is 15.1. The molecule has 1 aromatic carbocycles. The maximum absolute atomic E-state index is 6.12. The molecule has 4 heteroatoms. The quantitative estimate of drug-likeness (QED) is 0.800. The van der Waals surface area contributed by atoms with Crippen LogP contribution in [0.3, 0.4) is 0 Å². The number of nitrogens with zero attached hydrogens (tertiary/aromatic N) is 1. The number of halogens is 2. The second kappa shape index (κ2) is 8.11. The summed E-state index contributed by atoms with van der Waals surface area (Å²) in [6.07, 6.45) is 5.33. The molecule has 1 heterocycles. The Morgan fingerprint density at radius 1 is 1.11 bits per heavy atom. The molecule has 19 heavy (non-hydrogen) atoms. The van der Waals surface area contributed by atoms with Gasteiger partial charge in [0.2, 0.25) is 0 Å². The summed E-state index contributed by atoms with van der Waals surface area (Å²) in [7, 11) is 0. The Morgan fingerprint density at radius 2 is 1.89 bits per heavy atom. The first-order valence-corrected chi connectivity index (χ1v) is 7.88. The van der Waals surface area contributed by atoms with Crippen molar-refractivity contribution in [2.24, 2.45) is 0 Å². The minimum atomic E-state index is 0.745. The average molecular weight is 301 g/mol. The molecule has 0 spiro atoms. The zero-order valence-corrected chi connectivity index (χ0v) is 12.8. The van der Waals surface area contributed by atoms with Crippen molar-refractivity contribution in [2.75, 3.05) is 26.2 Å². The third kappa shape index (κ3) is 5.31. The largest absolute Gasteiger partial charge is 0.313 e. The fourth-order valence-electron chi connectivity index (χ4n) is 2.51. The van der Waals surface area contributed by atoms with Gasteiger partial charge in [-0.25, -0.2) is 0 Å². The van der Waals surface area contributed by atoms with Crippen molar-refractivity contribution in [3.63, 3.8) is 0 Å². The lowest BCUT2D eigenvalue weighted by Crippen LogP contribution is -2.32. The highest BCUT2D eigenvalue weighted by Gasteiger charge is 2.08. The van der Waals surface area contributed by atoms with E-state index in [4.69, 9.17) is 23.2 Å². The molecule has 1 N–H and O–H groups in total. The molecule has 2 rings (SSSR count). The molecule has 1 saturated heterocycles. The number of nitrogens with one attached hydrogen (secondary N) is 1. The average Bonchev–Trinajstić information content (AvgIpc) is 2.43. The highest BCUT2D eigenvalue weighted by atomic mass is 35.5. The van der Waals surface area contributed by atoms with Gasteiger partial charge in [-0.1, -0.05) is 29.6 Å². The van der Waals surface area contributed by atoms with Crippen molar-refractivity contribution in [1.29, 1.82) is 0 Å². The van der Waals surface area contributed by atoms with Gasteiger partial charge in [0.1, 0.15) is 0 Å². The molecule has 1 fully saturated rings. The maximum atomic E-state index is 6.12. The fourth-order valence-corrected chi connectivity index (χ4v) is 2.89. The fraction of sp³-hybridized carbons (Fsp3) is 0.600. The predicted molar refractivity (Wildman–Crippen MR) is 83.1 cm³/mol. The van der Waals surface area contributed by atoms with Crippen LogP contribution >= 0.6 is 23.2 Å². The van der Waals surface area contributed by atoms with E-state index in [0.717, 1.165) is 28.7 Å².